The molecule has 0 aliphatic heterocycles. The third-order valence-electron chi connectivity index (χ3n) is 7.34. The Labute approximate surface area is 379 Å². The zero-order chi connectivity index (χ0) is 44.4. The second-order valence-corrected chi connectivity index (χ2v) is 14.3. The van der Waals surface area contributed by atoms with Gasteiger partial charge in [-0.05, 0) is 84.5 Å². The van der Waals surface area contributed by atoms with E-state index in [0.29, 0.717) is 39.3 Å². The molecule has 0 bridgehead atoms. The SMILES string of the molecule is CC#N.CC(=O)[O-].CC(=O)[O-].CC(C)(C)c1cc(CN(Cc2ccccn2)Cc2ccccn2)c([O-])c(CN(Cc2ccccn2)Cc2ccccn2)c1.[Co+3].[Co+3].[O-][Cl+3]([O-])([O-])[O-]. The van der Waals surface area contributed by atoms with Crippen molar-refractivity contribution in [2.45, 2.75) is 86.2 Å². The second kappa shape index (κ2) is 31.0. The number of aromatic nitrogens is 4. The molecule has 0 unspecified atom stereocenters. The molecule has 328 valence electrons. The molecule has 4 heterocycles. The number of aliphatic carboxylic acids is 2. The maximum atomic E-state index is 14.2. The van der Waals surface area contributed by atoms with Crippen LogP contribution in [-0.4, -0.2) is 41.7 Å². The number of pyridine rings is 4. The Hall–Kier alpha value is -4.89. The Morgan fingerprint density at radius 3 is 1.02 bits per heavy atom. The summed E-state index contributed by atoms with van der Waals surface area (Å²) in [7, 11) is -4.94. The first-order chi connectivity index (χ1) is 27.7. The summed E-state index contributed by atoms with van der Waals surface area (Å²) in [6.45, 7) is 13.4. The van der Waals surface area contributed by atoms with Gasteiger partial charge in [-0.2, -0.15) is 5.26 Å². The molecule has 4 aromatic heterocycles. The number of carboxylic acid groups (broad SMARTS) is 2. The number of carbonyl (C=O) groups excluding carboxylic acids is 2. The molecule has 16 nitrogen and oxygen atoms in total. The van der Waals surface area contributed by atoms with Gasteiger partial charge in [0.05, 0.1) is 28.8 Å². The van der Waals surface area contributed by atoms with Crippen molar-refractivity contribution < 1.29 is 87.3 Å². The minimum absolute atomic E-state index is 0. The van der Waals surface area contributed by atoms with Crippen molar-refractivity contribution >= 4 is 11.9 Å². The molecule has 0 spiro atoms. The molecule has 19 heteroatoms. The van der Waals surface area contributed by atoms with Crippen LogP contribution in [0.15, 0.2) is 110 Å². The van der Waals surface area contributed by atoms with Crippen molar-refractivity contribution in [2.24, 2.45) is 0 Å². The van der Waals surface area contributed by atoms with Crippen molar-refractivity contribution in [3.8, 4) is 11.8 Å². The van der Waals surface area contributed by atoms with E-state index < -0.39 is 22.2 Å². The number of rotatable bonds is 12. The van der Waals surface area contributed by atoms with Gasteiger partial charge in [-0.15, -0.1) is 10.2 Å². The van der Waals surface area contributed by atoms with Gasteiger partial charge in [-0.1, -0.05) is 62.9 Å². The first-order valence-corrected chi connectivity index (χ1v) is 19.1. The number of hydrogen-bond donors (Lipinski definition) is 0. The molecule has 5 aromatic rings. The van der Waals surface area contributed by atoms with Gasteiger partial charge in [0.25, 0.3) is 0 Å². The molecular weight excluding hydrogens is 900 g/mol. The van der Waals surface area contributed by atoms with Gasteiger partial charge < -0.3 is 24.9 Å². The van der Waals surface area contributed by atoms with E-state index in [1.54, 1.807) is 6.07 Å². The van der Waals surface area contributed by atoms with Crippen molar-refractivity contribution in [2.75, 3.05) is 0 Å². The molecule has 5 rings (SSSR count). The number of nitriles is 1. The van der Waals surface area contributed by atoms with Gasteiger partial charge in [0, 0.05) is 82.9 Å². The first-order valence-electron chi connectivity index (χ1n) is 17.9. The Kier molecular flexibility index (Phi) is 29.6. The van der Waals surface area contributed by atoms with E-state index in [0.717, 1.165) is 53.3 Å². The monoisotopic (exact) mass is 947 g/mol. The van der Waals surface area contributed by atoms with E-state index in [-0.39, 0.29) is 44.7 Å². The third kappa shape index (κ3) is 29.1. The van der Waals surface area contributed by atoms with E-state index in [1.807, 2.05) is 97.6 Å². The van der Waals surface area contributed by atoms with Crippen LogP contribution < -0.4 is 34.0 Å². The van der Waals surface area contributed by atoms with Crippen molar-refractivity contribution in [1.82, 2.24) is 29.7 Å². The molecule has 1 aromatic carbocycles. The van der Waals surface area contributed by atoms with Crippen molar-refractivity contribution in [3.63, 3.8) is 0 Å². The van der Waals surface area contributed by atoms with Crippen LogP contribution in [0.5, 0.6) is 5.75 Å². The summed E-state index contributed by atoms with van der Waals surface area (Å²) in [5.41, 5.74) is 6.39. The van der Waals surface area contributed by atoms with Crippen LogP contribution in [0, 0.1) is 21.6 Å². The van der Waals surface area contributed by atoms with E-state index in [2.05, 4.69) is 62.6 Å². The minimum atomic E-state index is -4.94. The molecule has 0 saturated carbocycles. The number of carbonyl (C=O) groups is 2. The van der Waals surface area contributed by atoms with Gasteiger partial charge >= 0.3 is 33.6 Å². The number of hydrogen-bond acceptors (Lipinski definition) is 16. The summed E-state index contributed by atoms with van der Waals surface area (Å²) in [4.78, 5) is 40.5. The summed E-state index contributed by atoms with van der Waals surface area (Å²) < 4.78 is 34.0. The van der Waals surface area contributed by atoms with E-state index in [1.165, 1.54) is 6.92 Å². The van der Waals surface area contributed by atoms with Crippen LogP contribution in [0.3, 0.4) is 0 Å². The fraction of sp³-hybridized carbons (Fsp3) is 0.310. The largest absolute Gasteiger partial charge is 3.00 e. The maximum absolute atomic E-state index is 14.2. The summed E-state index contributed by atoms with van der Waals surface area (Å²) in [5.74, 6) is -2.09. The minimum Gasteiger partial charge on any atom is -0.872 e. The van der Waals surface area contributed by atoms with E-state index >= 15 is 0 Å². The average molecular weight is 948 g/mol. The molecule has 0 N–H and O–H groups in total. The molecule has 0 fully saturated rings. The van der Waals surface area contributed by atoms with Crippen LogP contribution in [0.25, 0.3) is 0 Å². The zero-order valence-electron chi connectivity index (χ0n) is 34.5. The normalized spacial score (nSPS) is 10.2. The van der Waals surface area contributed by atoms with Gasteiger partial charge in [-0.3, -0.25) is 29.7 Å². The smallest absolute Gasteiger partial charge is 0.872 e. The summed E-state index contributed by atoms with van der Waals surface area (Å²) >= 11 is 0. The van der Waals surface area contributed by atoms with Crippen molar-refractivity contribution in [1.29, 1.82) is 5.26 Å². The molecule has 61 heavy (non-hydrogen) atoms. The summed E-state index contributed by atoms with van der Waals surface area (Å²) in [5, 5.41) is 39.3. The first kappa shape index (κ1) is 58.2. The predicted octanol–water partition coefficient (Wildman–Crippen LogP) is -0.676. The third-order valence-corrected chi connectivity index (χ3v) is 7.34. The van der Waals surface area contributed by atoms with Crippen LogP contribution in [-0.2, 0) is 87.8 Å². The standard InChI is InChI=1S/C36H40N6O.C2H3N.2C2H4O2.ClHO4.2Co/c1-36(2,3)30-20-28(22-41(24-31-12-4-8-16-37-31)25-32-13-5-9-17-38-32)35(43)29(21-30)23-42(26-33-14-6-10-18-39-33)27-34-15-7-11-19-40-34;1-2-3;2*1-2(3)4;2-1(3,4)5;;/h4-21,43H,22-27H2,1-3H3;1H3;2*1H3,(H,3,4);(H,2,3,4,5);;/q;;;;;2*+3/p-4. The summed E-state index contributed by atoms with van der Waals surface area (Å²) in [6, 6.07) is 29.7. The van der Waals surface area contributed by atoms with Gasteiger partial charge in [0.1, 0.15) is 0 Å². The molecular formula is C42H48ClCo2N7O9+2. The average Bonchev–Trinajstić information content (AvgIpc) is 3.14. The maximum Gasteiger partial charge on any atom is 3.00 e. The predicted molar refractivity (Wildman–Crippen MR) is 200 cm³/mol. The van der Waals surface area contributed by atoms with Crippen LogP contribution in [0.4, 0.5) is 0 Å². The zero-order valence-corrected chi connectivity index (χ0v) is 37.3. The Morgan fingerprint density at radius 1 is 0.607 bits per heavy atom. The Morgan fingerprint density at radius 2 is 0.836 bits per heavy atom. The molecule has 0 aliphatic rings. The fourth-order valence-corrected chi connectivity index (χ4v) is 5.12. The molecule has 0 saturated heterocycles. The number of halogens is 1. The van der Waals surface area contributed by atoms with Crippen LogP contribution >= 0.6 is 0 Å². The second-order valence-electron chi connectivity index (χ2n) is 13.5. The molecule has 0 radical (unpaired) electrons. The topological polar surface area (TPSA) is 277 Å². The summed E-state index contributed by atoms with van der Waals surface area (Å²) in [6.07, 6.45) is 7.24. The van der Waals surface area contributed by atoms with Crippen LogP contribution in [0.2, 0.25) is 0 Å². The van der Waals surface area contributed by atoms with E-state index in [4.69, 9.17) is 43.7 Å². The number of benzene rings is 1. The van der Waals surface area contributed by atoms with Crippen LogP contribution in [0.1, 0.15) is 81.0 Å². The molecule has 0 amide bonds. The fourth-order valence-electron chi connectivity index (χ4n) is 5.12. The van der Waals surface area contributed by atoms with Gasteiger partial charge in [0.15, 0.2) is 0 Å². The molecule has 0 atom stereocenters. The van der Waals surface area contributed by atoms with E-state index in [9.17, 15) is 5.11 Å². The quantitative estimate of drug-likeness (QED) is 0.150. The molecule has 0 aliphatic carbocycles. The van der Waals surface area contributed by atoms with Crippen molar-refractivity contribution in [3.05, 3.63) is 149 Å². The number of nitrogens with zero attached hydrogens (tertiary/aromatic N) is 7. The number of carboxylic acids is 2. The Balaban J connectivity index is 0. The Bertz CT molecular complexity index is 1770. The van der Waals surface area contributed by atoms with Gasteiger partial charge in [-0.25, -0.2) is 18.6 Å². The van der Waals surface area contributed by atoms with Gasteiger partial charge in [0.2, 0.25) is 0 Å².